The third-order valence-electron chi connectivity index (χ3n) is 4.16. The first kappa shape index (κ1) is 22.1. The van der Waals surface area contributed by atoms with Crippen LogP contribution in [0, 0.1) is 0 Å². The number of furan rings is 1. The number of carbonyl (C=O) groups excluding carboxylic acids is 4. The highest BCUT2D eigenvalue weighted by Crippen LogP contribution is 2.27. The van der Waals surface area contributed by atoms with Crippen LogP contribution >= 0.6 is 15.9 Å². The SMILES string of the molecule is COC(=O)COc1ccc(C=C2NC(=O)N(Cc3ccc(C(=O)OC)o3)C2=O)cc1Br. The number of urea groups is 1. The van der Waals surface area contributed by atoms with Crippen molar-refractivity contribution < 1.29 is 37.8 Å². The van der Waals surface area contributed by atoms with Crippen molar-refractivity contribution in [3.8, 4) is 5.75 Å². The molecule has 2 aromatic rings. The molecule has 3 rings (SSSR count). The largest absolute Gasteiger partial charge is 0.481 e. The molecule has 0 bridgehead atoms. The first-order valence-corrected chi connectivity index (χ1v) is 9.62. The van der Waals surface area contributed by atoms with E-state index in [2.05, 4.69) is 30.7 Å². The maximum Gasteiger partial charge on any atom is 0.373 e. The Morgan fingerprint density at radius 2 is 1.94 bits per heavy atom. The van der Waals surface area contributed by atoms with E-state index in [1.54, 1.807) is 18.2 Å². The highest BCUT2D eigenvalue weighted by molar-refractivity contribution is 9.10. The molecule has 0 radical (unpaired) electrons. The molecular weight excluding hydrogens is 476 g/mol. The summed E-state index contributed by atoms with van der Waals surface area (Å²) in [4.78, 5) is 48.5. The van der Waals surface area contributed by atoms with Gasteiger partial charge in [-0.3, -0.25) is 9.69 Å². The number of halogens is 1. The summed E-state index contributed by atoms with van der Waals surface area (Å²) in [5.41, 5.74) is 0.675. The van der Waals surface area contributed by atoms with Crippen molar-refractivity contribution in [1.82, 2.24) is 10.2 Å². The van der Waals surface area contributed by atoms with Gasteiger partial charge in [-0.2, -0.15) is 0 Å². The third-order valence-corrected chi connectivity index (χ3v) is 4.78. The number of amides is 3. The molecule has 0 saturated carbocycles. The third kappa shape index (κ3) is 5.12. The Hall–Kier alpha value is -3.60. The fourth-order valence-electron chi connectivity index (χ4n) is 2.63. The van der Waals surface area contributed by atoms with Crippen molar-refractivity contribution in [1.29, 1.82) is 0 Å². The van der Waals surface area contributed by atoms with Gasteiger partial charge >= 0.3 is 18.0 Å². The molecule has 31 heavy (non-hydrogen) atoms. The topological polar surface area (TPSA) is 124 Å². The van der Waals surface area contributed by atoms with Gasteiger partial charge in [0, 0.05) is 0 Å². The summed E-state index contributed by atoms with van der Waals surface area (Å²) in [5.74, 6) is -1.10. The summed E-state index contributed by atoms with van der Waals surface area (Å²) in [6.07, 6.45) is 1.50. The highest BCUT2D eigenvalue weighted by Gasteiger charge is 2.34. The van der Waals surface area contributed by atoms with Crippen LogP contribution in [-0.2, 0) is 25.6 Å². The number of methoxy groups -OCH3 is 2. The number of nitrogens with zero attached hydrogens (tertiary/aromatic N) is 1. The van der Waals surface area contributed by atoms with Crippen molar-refractivity contribution in [2.75, 3.05) is 20.8 Å². The van der Waals surface area contributed by atoms with Gasteiger partial charge in [-0.25, -0.2) is 14.4 Å². The van der Waals surface area contributed by atoms with Crippen LogP contribution in [0.25, 0.3) is 6.08 Å². The molecule has 1 fully saturated rings. The summed E-state index contributed by atoms with van der Waals surface area (Å²) in [6.45, 7) is -0.396. The van der Waals surface area contributed by atoms with E-state index in [1.807, 2.05) is 0 Å². The van der Waals surface area contributed by atoms with E-state index in [4.69, 9.17) is 9.15 Å². The zero-order valence-electron chi connectivity index (χ0n) is 16.5. The Labute approximate surface area is 184 Å². The van der Waals surface area contributed by atoms with Gasteiger partial charge in [0.05, 0.1) is 25.2 Å². The van der Waals surface area contributed by atoms with E-state index in [-0.39, 0.29) is 30.4 Å². The molecule has 1 aliphatic rings. The van der Waals surface area contributed by atoms with E-state index in [1.165, 1.54) is 32.4 Å². The van der Waals surface area contributed by atoms with E-state index in [0.29, 0.717) is 15.8 Å². The predicted molar refractivity (Wildman–Crippen MR) is 109 cm³/mol. The lowest BCUT2D eigenvalue weighted by Crippen LogP contribution is -2.30. The second-order valence-electron chi connectivity index (χ2n) is 6.19. The van der Waals surface area contributed by atoms with Gasteiger partial charge < -0.3 is 23.9 Å². The maximum atomic E-state index is 12.6. The molecule has 162 valence electrons. The number of nitrogens with one attached hydrogen (secondary N) is 1. The second-order valence-corrected chi connectivity index (χ2v) is 7.05. The van der Waals surface area contributed by atoms with Crippen molar-refractivity contribution in [2.24, 2.45) is 0 Å². The minimum atomic E-state index is -0.659. The Morgan fingerprint density at radius 1 is 1.16 bits per heavy atom. The molecule has 2 heterocycles. The number of imide groups is 1. The van der Waals surface area contributed by atoms with Crippen LogP contribution in [0.4, 0.5) is 4.79 Å². The van der Waals surface area contributed by atoms with Crippen molar-refractivity contribution in [3.63, 3.8) is 0 Å². The molecule has 3 amide bonds. The average molecular weight is 493 g/mol. The quantitative estimate of drug-likeness (QED) is 0.355. The molecule has 1 aromatic heterocycles. The van der Waals surface area contributed by atoms with E-state index in [0.717, 1.165) is 4.90 Å². The molecule has 0 spiro atoms. The minimum Gasteiger partial charge on any atom is -0.481 e. The number of esters is 2. The first-order chi connectivity index (χ1) is 14.8. The van der Waals surface area contributed by atoms with Crippen LogP contribution in [0.2, 0.25) is 0 Å². The van der Waals surface area contributed by atoms with Crippen molar-refractivity contribution in [3.05, 3.63) is 57.6 Å². The molecule has 1 N–H and O–H groups in total. The van der Waals surface area contributed by atoms with Gasteiger partial charge in [0.1, 0.15) is 17.2 Å². The second kappa shape index (κ2) is 9.47. The van der Waals surface area contributed by atoms with Gasteiger partial charge in [-0.1, -0.05) is 6.07 Å². The van der Waals surface area contributed by atoms with E-state index in [9.17, 15) is 19.2 Å². The van der Waals surface area contributed by atoms with Crippen LogP contribution in [-0.4, -0.2) is 49.6 Å². The van der Waals surface area contributed by atoms with Gasteiger partial charge in [0.2, 0.25) is 5.76 Å². The smallest absolute Gasteiger partial charge is 0.373 e. The highest BCUT2D eigenvalue weighted by atomic mass is 79.9. The number of hydrogen-bond donors (Lipinski definition) is 1. The number of rotatable bonds is 7. The molecular formula is C20H17BrN2O8. The Balaban J connectivity index is 1.71. The standard InChI is InChI=1S/C20H17BrN2O8/c1-28-17(24)10-30-15-5-3-11(7-13(15)21)8-14-18(25)23(20(27)22-14)9-12-4-6-16(31-12)19(26)29-2/h3-8H,9-10H2,1-2H3,(H,22,27). The number of hydrogen-bond acceptors (Lipinski definition) is 8. The van der Waals surface area contributed by atoms with Crippen LogP contribution in [0.5, 0.6) is 5.75 Å². The minimum absolute atomic E-state index is 0.0281. The summed E-state index contributed by atoms with van der Waals surface area (Å²) in [6, 6.07) is 7.19. The first-order valence-electron chi connectivity index (χ1n) is 8.83. The zero-order chi connectivity index (χ0) is 22.5. The van der Waals surface area contributed by atoms with Crippen LogP contribution < -0.4 is 10.1 Å². The van der Waals surface area contributed by atoms with E-state index >= 15 is 0 Å². The van der Waals surface area contributed by atoms with Crippen LogP contribution in [0.3, 0.4) is 0 Å². The van der Waals surface area contributed by atoms with Gasteiger partial charge in [0.25, 0.3) is 5.91 Å². The number of carbonyl (C=O) groups is 4. The van der Waals surface area contributed by atoms with Gasteiger partial charge in [-0.05, 0) is 51.8 Å². The molecule has 10 nitrogen and oxygen atoms in total. The van der Waals surface area contributed by atoms with E-state index < -0.39 is 23.9 Å². The van der Waals surface area contributed by atoms with Gasteiger partial charge in [0.15, 0.2) is 6.61 Å². The van der Waals surface area contributed by atoms with Crippen LogP contribution in [0.15, 0.2) is 44.9 Å². The monoisotopic (exact) mass is 492 g/mol. The molecule has 1 saturated heterocycles. The summed E-state index contributed by atoms with van der Waals surface area (Å²) in [7, 11) is 2.48. The van der Waals surface area contributed by atoms with Crippen LogP contribution in [0.1, 0.15) is 21.9 Å². The molecule has 11 heteroatoms. The Bertz CT molecular complexity index is 1070. The van der Waals surface area contributed by atoms with Crippen molar-refractivity contribution in [2.45, 2.75) is 6.54 Å². The lowest BCUT2D eigenvalue weighted by Gasteiger charge is -2.09. The fraction of sp³-hybridized carbons (Fsp3) is 0.200. The molecule has 0 atom stereocenters. The number of ether oxygens (including phenoxy) is 3. The summed E-state index contributed by atoms with van der Waals surface area (Å²) < 4.78 is 20.3. The zero-order valence-corrected chi connectivity index (χ0v) is 18.1. The molecule has 1 aromatic carbocycles. The fourth-order valence-corrected chi connectivity index (χ4v) is 3.14. The summed E-state index contributed by atoms with van der Waals surface area (Å²) in [5, 5.41) is 2.50. The summed E-state index contributed by atoms with van der Waals surface area (Å²) >= 11 is 3.33. The predicted octanol–water partition coefficient (Wildman–Crippen LogP) is 2.47. The number of benzene rings is 1. The molecule has 0 unspecified atom stereocenters. The lowest BCUT2D eigenvalue weighted by atomic mass is 10.2. The average Bonchev–Trinajstić information content (AvgIpc) is 3.33. The maximum absolute atomic E-state index is 12.6. The van der Waals surface area contributed by atoms with Gasteiger partial charge in [-0.15, -0.1) is 0 Å². The molecule has 1 aliphatic heterocycles. The Kier molecular flexibility index (Phi) is 6.75. The lowest BCUT2D eigenvalue weighted by molar-refractivity contribution is -0.142. The van der Waals surface area contributed by atoms with Crippen molar-refractivity contribution >= 4 is 45.9 Å². The normalized spacial score (nSPS) is 14.5. The Morgan fingerprint density at radius 3 is 2.61 bits per heavy atom. The molecule has 0 aliphatic carbocycles.